The van der Waals surface area contributed by atoms with E-state index in [4.69, 9.17) is 4.74 Å². The van der Waals surface area contributed by atoms with Gasteiger partial charge in [0, 0.05) is 11.5 Å². The molecular weight excluding hydrogens is 272 g/mol. The van der Waals surface area contributed by atoms with Crippen molar-refractivity contribution in [2.24, 2.45) is 5.92 Å². The van der Waals surface area contributed by atoms with Crippen molar-refractivity contribution in [1.82, 2.24) is 0 Å². The lowest BCUT2D eigenvalue weighted by molar-refractivity contribution is -0.00175. The second kappa shape index (κ2) is 4.77. The molecule has 2 heteroatoms. The van der Waals surface area contributed by atoms with Crippen LogP contribution in [0.5, 0.6) is 11.5 Å². The minimum absolute atomic E-state index is 0.279. The second-order valence-electron chi connectivity index (χ2n) is 6.94. The van der Waals surface area contributed by atoms with Crippen LogP contribution in [0.25, 0.3) is 0 Å². The summed E-state index contributed by atoms with van der Waals surface area (Å²) in [5.74, 6) is 2.24. The first-order chi connectivity index (χ1) is 10.6. The minimum Gasteiger partial charge on any atom is -0.508 e. The maximum absolute atomic E-state index is 9.83. The van der Waals surface area contributed by atoms with Gasteiger partial charge < -0.3 is 9.84 Å². The molecule has 0 bridgehead atoms. The van der Waals surface area contributed by atoms with Crippen molar-refractivity contribution in [3.63, 3.8) is 0 Å². The number of ether oxygens (including phenoxy) is 1. The first kappa shape index (κ1) is 13.7. The van der Waals surface area contributed by atoms with Gasteiger partial charge in [-0.1, -0.05) is 36.2 Å². The van der Waals surface area contributed by atoms with E-state index in [1.807, 2.05) is 12.1 Å². The fourth-order valence-electron chi connectivity index (χ4n) is 4.37. The van der Waals surface area contributed by atoms with Gasteiger partial charge in [0.25, 0.3) is 0 Å². The molecule has 2 aromatic carbocycles. The van der Waals surface area contributed by atoms with Crippen LogP contribution in [0.2, 0.25) is 0 Å². The molecule has 2 aromatic rings. The Balaban J connectivity index is 1.84. The molecule has 1 heterocycles. The molecule has 1 fully saturated rings. The molecule has 1 aliphatic carbocycles. The number of benzene rings is 2. The fourth-order valence-corrected chi connectivity index (χ4v) is 4.37. The summed E-state index contributed by atoms with van der Waals surface area (Å²) < 4.78 is 6.50. The predicted molar refractivity (Wildman–Crippen MR) is 87.3 cm³/mol. The third-order valence-electron chi connectivity index (χ3n) is 5.56. The lowest BCUT2D eigenvalue weighted by atomic mass is 9.72. The Kier molecular flexibility index (Phi) is 2.97. The average molecular weight is 294 g/mol. The zero-order valence-electron chi connectivity index (χ0n) is 13.2. The number of rotatable bonds is 1. The van der Waals surface area contributed by atoms with Crippen molar-refractivity contribution in [2.75, 3.05) is 0 Å². The Morgan fingerprint density at radius 3 is 2.64 bits per heavy atom. The summed E-state index contributed by atoms with van der Waals surface area (Å²) in [7, 11) is 0. The Hall–Kier alpha value is -1.96. The van der Waals surface area contributed by atoms with Crippen LogP contribution in [-0.4, -0.2) is 5.11 Å². The zero-order chi connectivity index (χ0) is 15.3. The molecule has 0 radical (unpaired) electrons. The molecule has 114 valence electrons. The van der Waals surface area contributed by atoms with Gasteiger partial charge in [-0.05, 0) is 56.4 Å². The molecule has 2 nitrogen and oxygen atoms in total. The van der Waals surface area contributed by atoms with E-state index in [-0.39, 0.29) is 5.60 Å². The van der Waals surface area contributed by atoms with Gasteiger partial charge in [0.05, 0.1) is 0 Å². The van der Waals surface area contributed by atoms with E-state index >= 15 is 0 Å². The van der Waals surface area contributed by atoms with Crippen molar-refractivity contribution in [1.29, 1.82) is 0 Å². The quantitative estimate of drug-likeness (QED) is 0.811. The van der Waals surface area contributed by atoms with Crippen molar-refractivity contribution < 1.29 is 9.84 Å². The molecule has 2 aliphatic rings. The van der Waals surface area contributed by atoms with E-state index in [0.29, 0.717) is 17.6 Å². The summed E-state index contributed by atoms with van der Waals surface area (Å²) in [4.78, 5) is 0. The maximum atomic E-state index is 9.83. The van der Waals surface area contributed by atoms with Crippen LogP contribution in [0.15, 0.2) is 42.5 Å². The van der Waals surface area contributed by atoms with Gasteiger partial charge in [0.2, 0.25) is 0 Å². The van der Waals surface area contributed by atoms with Crippen molar-refractivity contribution >= 4 is 0 Å². The molecule has 1 saturated carbocycles. The van der Waals surface area contributed by atoms with Crippen LogP contribution in [0.1, 0.15) is 48.8 Å². The van der Waals surface area contributed by atoms with Crippen molar-refractivity contribution in [3.8, 4) is 11.5 Å². The highest BCUT2D eigenvalue weighted by Crippen LogP contribution is 2.56. The van der Waals surface area contributed by atoms with E-state index in [2.05, 4.69) is 38.1 Å². The number of phenolic OH excluding ortho intramolecular Hbond substituents is 1. The molecule has 3 atom stereocenters. The Bertz CT molecular complexity index is 704. The summed E-state index contributed by atoms with van der Waals surface area (Å²) in [6, 6.07) is 14.3. The molecular formula is C20H22O2. The van der Waals surface area contributed by atoms with Crippen LogP contribution in [0, 0.1) is 12.8 Å². The zero-order valence-corrected chi connectivity index (χ0v) is 13.2. The van der Waals surface area contributed by atoms with Crippen LogP contribution < -0.4 is 4.74 Å². The summed E-state index contributed by atoms with van der Waals surface area (Å²) in [5.41, 5.74) is 3.44. The van der Waals surface area contributed by atoms with Gasteiger partial charge in [0.1, 0.15) is 17.1 Å². The summed E-state index contributed by atoms with van der Waals surface area (Å²) in [5, 5.41) is 9.83. The van der Waals surface area contributed by atoms with Gasteiger partial charge in [-0.25, -0.2) is 0 Å². The molecule has 4 rings (SSSR count). The summed E-state index contributed by atoms with van der Waals surface area (Å²) in [6.45, 7) is 4.35. The molecule has 1 N–H and O–H groups in total. The molecule has 0 amide bonds. The van der Waals surface area contributed by atoms with Gasteiger partial charge >= 0.3 is 0 Å². The molecule has 0 unspecified atom stereocenters. The standard InChI is InChI=1S/C20H22O2/c1-13-6-8-14(9-7-13)20(2)18-5-3-4-16(18)17-12-15(21)10-11-19(17)22-20/h6-12,16,18,21H,3-5H2,1-2H3/t16-,18-,20+/m0/s1. The SMILES string of the molecule is Cc1ccc([C@@]2(C)Oc3ccc(O)cc3[C@@H]3CCC[C@@H]32)cc1. The lowest BCUT2D eigenvalue weighted by Gasteiger charge is -2.44. The predicted octanol–water partition coefficient (Wildman–Crippen LogP) is 4.89. The van der Waals surface area contributed by atoms with Gasteiger partial charge in [-0.2, -0.15) is 0 Å². The number of phenols is 1. The normalized spacial score (nSPS) is 29.5. The van der Waals surface area contributed by atoms with Crippen molar-refractivity contribution in [2.45, 2.75) is 44.6 Å². The Morgan fingerprint density at radius 1 is 1.09 bits per heavy atom. The Morgan fingerprint density at radius 2 is 1.86 bits per heavy atom. The van der Waals surface area contributed by atoms with Gasteiger partial charge in [0.15, 0.2) is 0 Å². The summed E-state index contributed by atoms with van der Waals surface area (Å²) >= 11 is 0. The van der Waals surface area contributed by atoms with E-state index < -0.39 is 0 Å². The third-order valence-corrected chi connectivity index (χ3v) is 5.56. The highest BCUT2D eigenvalue weighted by atomic mass is 16.5. The van der Waals surface area contributed by atoms with E-state index in [1.165, 1.54) is 36.0 Å². The van der Waals surface area contributed by atoms with Crippen LogP contribution in [-0.2, 0) is 5.60 Å². The van der Waals surface area contributed by atoms with Crippen LogP contribution in [0.3, 0.4) is 0 Å². The highest BCUT2D eigenvalue weighted by Gasteiger charge is 2.49. The number of hydrogen-bond donors (Lipinski definition) is 1. The topological polar surface area (TPSA) is 29.5 Å². The monoisotopic (exact) mass is 294 g/mol. The lowest BCUT2D eigenvalue weighted by Crippen LogP contribution is -2.42. The smallest absolute Gasteiger partial charge is 0.135 e. The molecule has 0 aromatic heterocycles. The third kappa shape index (κ3) is 1.93. The minimum atomic E-state index is -0.279. The number of fused-ring (bicyclic) bond motifs is 3. The van der Waals surface area contributed by atoms with Crippen molar-refractivity contribution in [3.05, 3.63) is 59.2 Å². The Labute approximate surface area is 131 Å². The van der Waals surface area contributed by atoms with Crippen LogP contribution in [0.4, 0.5) is 0 Å². The largest absolute Gasteiger partial charge is 0.508 e. The van der Waals surface area contributed by atoms with E-state index in [9.17, 15) is 5.11 Å². The first-order valence-corrected chi connectivity index (χ1v) is 8.17. The maximum Gasteiger partial charge on any atom is 0.135 e. The highest BCUT2D eigenvalue weighted by molar-refractivity contribution is 5.46. The molecule has 22 heavy (non-hydrogen) atoms. The van der Waals surface area contributed by atoms with E-state index in [0.717, 1.165) is 5.75 Å². The first-order valence-electron chi connectivity index (χ1n) is 8.17. The molecule has 0 spiro atoms. The summed E-state index contributed by atoms with van der Waals surface area (Å²) in [6.07, 6.45) is 3.60. The molecule has 0 saturated heterocycles. The van der Waals surface area contributed by atoms with Gasteiger partial charge in [-0.3, -0.25) is 0 Å². The number of aromatic hydroxyl groups is 1. The van der Waals surface area contributed by atoms with Gasteiger partial charge in [-0.15, -0.1) is 0 Å². The van der Waals surface area contributed by atoms with Crippen LogP contribution >= 0.6 is 0 Å². The second-order valence-corrected chi connectivity index (χ2v) is 6.94. The number of hydrogen-bond acceptors (Lipinski definition) is 2. The van der Waals surface area contributed by atoms with E-state index in [1.54, 1.807) is 6.07 Å². The number of aryl methyl sites for hydroxylation is 1. The molecule has 1 aliphatic heterocycles. The average Bonchev–Trinajstić information content (AvgIpc) is 3.00. The fraction of sp³-hybridized carbons (Fsp3) is 0.400.